The second-order valence-electron chi connectivity index (χ2n) is 3.86. The van der Waals surface area contributed by atoms with Crippen molar-refractivity contribution in [2.45, 2.75) is 13.8 Å². The molecule has 0 saturated heterocycles. The number of nitriles is 2. The zero-order valence-corrected chi connectivity index (χ0v) is 10.7. The minimum absolute atomic E-state index is 0.133. The quantitative estimate of drug-likeness (QED) is 0.690. The molecule has 0 amide bonds. The van der Waals surface area contributed by atoms with Crippen LogP contribution in [0.25, 0.3) is 17.5 Å². The van der Waals surface area contributed by atoms with Gasteiger partial charge in [0.05, 0.1) is 27.8 Å². The number of nitrogens with zero attached hydrogens (tertiary/aromatic N) is 3. The van der Waals surface area contributed by atoms with Gasteiger partial charge < -0.3 is 5.73 Å². The lowest BCUT2D eigenvalue weighted by atomic mass is 9.93. The van der Waals surface area contributed by atoms with Crippen molar-refractivity contribution in [3.05, 3.63) is 25.1 Å². The average molecular weight is 258 g/mol. The van der Waals surface area contributed by atoms with Gasteiger partial charge in [-0.2, -0.15) is 10.5 Å². The molecule has 6 heteroatoms. The van der Waals surface area contributed by atoms with Gasteiger partial charge in [-0.1, -0.05) is 13.0 Å². The van der Waals surface area contributed by atoms with E-state index in [1.807, 2.05) is 6.07 Å². The van der Waals surface area contributed by atoms with Crippen molar-refractivity contribution in [2.75, 3.05) is 0 Å². The molecule has 2 rings (SSSR count). The van der Waals surface area contributed by atoms with Gasteiger partial charge in [-0.25, -0.2) is 0 Å². The van der Waals surface area contributed by atoms with Gasteiger partial charge in [0, 0.05) is 5.92 Å². The summed E-state index contributed by atoms with van der Waals surface area (Å²) >= 11 is 1.23. The molecular weight excluding hydrogens is 248 g/mol. The van der Waals surface area contributed by atoms with Crippen molar-refractivity contribution < 1.29 is 0 Å². The topological polar surface area (TPSA) is 95.6 Å². The minimum atomic E-state index is -0.372. The molecular formula is C12H10N4OS. The van der Waals surface area contributed by atoms with Crippen molar-refractivity contribution >= 4 is 28.8 Å². The number of thiazole rings is 1. The van der Waals surface area contributed by atoms with Crippen LogP contribution in [0, 0.1) is 28.6 Å². The fraction of sp³-hybridized carbons (Fsp3) is 0.250. The molecule has 1 atom stereocenters. The Balaban J connectivity index is 3.09. The first-order valence-corrected chi connectivity index (χ1v) is 6.11. The molecule has 0 aromatic carbocycles. The van der Waals surface area contributed by atoms with E-state index in [2.05, 4.69) is 6.07 Å². The summed E-state index contributed by atoms with van der Waals surface area (Å²) in [6.07, 6.45) is 1.68. The first kappa shape index (κ1) is 12.2. The lowest BCUT2D eigenvalue weighted by Gasteiger charge is -2.17. The highest BCUT2D eigenvalue weighted by Gasteiger charge is 2.27. The normalized spacial score (nSPS) is 19.4. The van der Waals surface area contributed by atoms with Crippen molar-refractivity contribution in [1.82, 2.24) is 4.57 Å². The molecule has 0 saturated carbocycles. The average Bonchev–Trinajstić information content (AvgIpc) is 2.68. The lowest BCUT2D eigenvalue weighted by molar-refractivity contribution is 0.843. The van der Waals surface area contributed by atoms with Crippen LogP contribution in [0.2, 0.25) is 0 Å². The number of aromatic nitrogens is 1. The van der Waals surface area contributed by atoms with Crippen LogP contribution in [0.5, 0.6) is 0 Å². The highest BCUT2D eigenvalue weighted by atomic mass is 32.1. The van der Waals surface area contributed by atoms with Crippen LogP contribution in [-0.4, -0.2) is 4.57 Å². The van der Waals surface area contributed by atoms with Gasteiger partial charge >= 0.3 is 0 Å². The van der Waals surface area contributed by atoms with E-state index < -0.39 is 0 Å². The summed E-state index contributed by atoms with van der Waals surface area (Å²) in [5.74, 6) is -0.240. The number of rotatable bonds is 0. The van der Waals surface area contributed by atoms with Crippen LogP contribution in [-0.2, 0) is 0 Å². The summed E-state index contributed by atoms with van der Waals surface area (Å²) in [7, 11) is 0. The molecule has 18 heavy (non-hydrogen) atoms. The first-order valence-electron chi connectivity index (χ1n) is 5.29. The summed E-state index contributed by atoms with van der Waals surface area (Å²) in [4.78, 5) is 12.1. The Kier molecular flexibility index (Phi) is 2.82. The summed E-state index contributed by atoms with van der Waals surface area (Å²) in [6, 6.07) is 4.05. The van der Waals surface area contributed by atoms with Crippen molar-refractivity contribution in [3.63, 3.8) is 0 Å². The number of nitrogens with two attached hydrogens (primary N) is 1. The van der Waals surface area contributed by atoms with Crippen LogP contribution >= 0.6 is 11.3 Å². The smallest absolute Gasteiger partial charge is 0.274 e. The minimum Gasteiger partial charge on any atom is -0.384 e. The molecule has 5 nitrogen and oxygen atoms in total. The van der Waals surface area contributed by atoms with E-state index >= 15 is 0 Å². The Morgan fingerprint density at radius 1 is 1.39 bits per heavy atom. The van der Waals surface area contributed by atoms with E-state index in [1.54, 1.807) is 19.9 Å². The summed E-state index contributed by atoms with van der Waals surface area (Å²) in [6.45, 7) is 3.49. The van der Waals surface area contributed by atoms with E-state index in [9.17, 15) is 10.1 Å². The second-order valence-corrected chi connectivity index (χ2v) is 4.89. The molecule has 0 aliphatic carbocycles. The van der Waals surface area contributed by atoms with Crippen molar-refractivity contribution in [2.24, 2.45) is 11.7 Å². The van der Waals surface area contributed by atoms with Gasteiger partial charge in [0.1, 0.15) is 10.5 Å². The molecule has 1 aromatic heterocycles. The fourth-order valence-electron chi connectivity index (χ4n) is 1.94. The van der Waals surface area contributed by atoms with Crippen LogP contribution < -0.4 is 20.5 Å². The number of hydrogen-bond donors (Lipinski definition) is 1. The first-order chi connectivity index (χ1) is 8.56. The molecule has 0 spiro atoms. The third-order valence-corrected chi connectivity index (χ3v) is 4.17. The Morgan fingerprint density at radius 3 is 2.50 bits per heavy atom. The zero-order valence-electron chi connectivity index (χ0n) is 9.89. The van der Waals surface area contributed by atoms with Crippen molar-refractivity contribution in [1.29, 1.82) is 10.5 Å². The molecule has 2 heterocycles. The molecule has 0 bridgehead atoms. The summed E-state index contributed by atoms with van der Waals surface area (Å²) in [5, 5.41) is 18.3. The highest BCUT2D eigenvalue weighted by molar-refractivity contribution is 7.07. The molecule has 90 valence electrons. The summed E-state index contributed by atoms with van der Waals surface area (Å²) < 4.78 is 2.31. The van der Waals surface area contributed by atoms with E-state index in [-0.39, 0.29) is 22.9 Å². The SMILES string of the molecule is C/C=c1\sc2n(c1=O)C(N)=C(C#N)C(C)C=2C#N. The van der Waals surface area contributed by atoms with E-state index in [0.717, 1.165) is 0 Å². The van der Waals surface area contributed by atoms with E-state index in [1.165, 1.54) is 15.9 Å². The largest absolute Gasteiger partial charge is 0.384 e. The third kappa shape index (κ3) is 1.40. The van der Waals surface area contributed by atoms with E-state index in [4.69, 9.17) is 11.0 Å². The zero-order chi connectivity index (χ0) is 13.4. The van der Waals surface area contributed by atoms with Crippen LogP contribution in [0.1, 0.15) is 13.8 Å². The van der Waals surface area contributed by atoms with Gasteiger partial charge in [-0.05, 0) is 6.92 Å². The maximum Gasteiger partial charge on any atom is 0.274 e. The molecule has 0 radical (unpaired) electrons. The van der Waals surface area contributed by atoms with Crippen LogP contribution in [0.3, 0.4) is 0 Å². The molecule has 0 fully saturated rings. The number of fused-ring (bicyclic) bond motifs is 1. The van der Waals surface area contributed by atoms with Gasteiger partial charge in [0.15, 0.2) is 0 Å². The maximum atomic E-state index is 12.1. The molecule has 2 N–H and O–H groups in total. The third-order valence-electron chi connectivity index (χ3n) is 2.94. The van der Waals surface area contributed by atoms with Gasteiger partial charge in [-0.3, -0.25) is 9.36 Å². The van der Waals surface area contributed by atoms with Gasteiger partial charge in [-0.15, -0.1) is 11.3 Å². The summed E-state index contributed by atoms with van der Waals surface area (Å²) in [5.41, 5.74) is 6.27. The lowest BCUT2D eigenvalue weighted by Crippen LogP contribution is -2.38. The molecule has 1 unspecified atom stereocenters. The predicted octanol–water partition coefficient (Wildman–Crippen LogP) is -0.315. The number of allylic oxidation sites excluding steroid dienone is 1. The highest BCUT2D eigenvalue weighted by Crippen LogP contribution is 2.24. The van der Waals surface area contributed by atoms with Gasteiger partial charge in [0.25, 0.3) is 5.56 Å². The monoisotopic (exact) mass is 258 g/mol. The molecule has 1 aliphatic heterocycles. The van der Waals surface area contributed by atoms with Crippen molar-refractivity contribution in [3.8, 4) is 12.1 Å². The standard InChI is InChI=1S/C12H10N4OS/c1-3-9-11(17)16-10(15)7(4-13)6(2)8(5-14)12(16)18-9/h3,6H,15H2,1-2H3/b9-3-. The molecule has 1 aromatic rings. The second kappa shape index (κ2) is 4.17. The van der Waals surface area contributed by atoms with Gasteiger partial charge in [0.2, 0.25) is 0 Å². The van der Waals surface area contributed by atoms with E-state index in [0.29, 0.717) is 14.8 Å². The van der Waals surface area contributed by atoms with Crippen LogP contribution in [0.4, 0.5) is 0 Å². The Labute approximate surface area is 107 Å². The predicted molar refractivity (Wildman–Crippen MR) is 69.2 cm³/mol. The Hall–Kier alpha value is -2.31. The fourth-order valence-corrected chi connectivity index (χ4v) is 3.05. The Morgan fingerprint density at radius 2 is 2.00 bits per heavy atom. The van der Waals surface area contributed by atoms with Crippen LogP contribution in [0.15, 0.2) is 10.4 Å². The Bertz CT molecular complexity index is 810. The maximum absolute atomic E-state index is 12.1. The number of hydrogen-bond acceptors (Lipinski definition) is 5. The molecule has 1 aliphatic rings.